The van der Waals surface area contributed by atoms with E-state index in [-0.39, 0.29) is 5.57 Å². The van der Waals surface area contributed by atoms with Gasteiger partial charge in [-0.25, -0.2) is 4.79 Å². The van der Waals surface area contributed by atoms with Crippen molar-refractivity contribution in [3.63, 3.8) is 0 Å². The molecule has 0 radical (unpaired) electrons. The van der Waals surface area contributed by atoms with Crippen LogP contribution in [0, 0.1) is 0 Å². The second-order valence-corrected chi connectivity index (χ2v) is 2.82. The summed E-state index contributed by atoms with van der Waals surface area (Å²) in [7, 11) is 0. The first-order valence-corrected chi connectivity index (χ1v) is 3.82. The molecule has 0 fully saturated rings. The van der Waals surface area contributed by atoms with Gasteiger partial charge in [0.1, 0.15) is 6.04 Å². The van der Waals surface area contributed by atoms with Gasteiger partial charge in [-0.3, -0.25) is 9.59 Å². The number of carbonyl (C=O) groups is 3. The molecule has 6 nitrogen and oxygen atoms in total. The van der Waals surface area contributed by atoms with Gasteiger partial charge in [0, 0.05) is 5.57 Å². The van der Waals surface area contributed by atoms with E-state index >= 15 is 0 Å². The van der Waals surface area contributed by atoms with E-state index in [0.717, 1.165) is 0 Å². The highest BCUT2D eigenvalue weighted by atomic mass is 16.4. The third kappa shape index (κ3) is 4.24. The number of hydrogen-bond donors (Lipinski definition) is 3. The molecular weight excluding hydrogens is 188 g/mol. The first-order valence-electron chi connectivity index (χ1n) is 3.82. The van der Waals surface area contributed by atoms with Crippen molar-refractivity contribution < 1.29 is 19.5 Å². The summed E-state index contributed by atoms with van der Waals surface area (Å²) >= 11 is 0. The highest BCUT2D eigenvalue weighted by Gasteiger charge is 2.21. The van der Waals surface area contributed by atoms with Gasteiger partial charge in [0.05, 0.1) is 6.42 Å². The Hall–Kier alpha value is -1.85. The lowest BCUT2D eigenvalue weighted by Gasteiger charge is -2.12. The van der Waals surface area contributed by atoms with Crippen molar-refractivity contribution in [2.45, 2.75) is 19.4 Å². The zero-order valence-electron chi connectivity index (χ0n) is 7.74. The van der Waals surface area contributed by atoms with Gasteiger partial charge in [-0.05, 0) is 6.92 Å². The van der Waals surface area contributed by atoms with Crippen LogP contribution in [0.4, 0.5) is 0 Å². The van der Waals surface area contributed by atoms with E-state index < -0.39 is 30.2 Å². The first kappa shape index (κ1) is 12.2. The van der Waals surface area contributed by atoms with Gasteiger partial charge < -0.3 is 16.2 Å². The number of amides is 2. The van der Waals surface area contributed by atoms with Crippen molar-refractivity contribution in [3.05, 3.63) is 12.2 Å². The summed E-state index contributed by atoms with van der Waals surface area (Å²) in [5.41, 5.74) is 4.97. The van der Waals surface area contributed by atoms with E-state index in [4.69, 9.17) is 10.8 Å². The Morgan fingerprint density at radius 2 is 2.00 bits per heavy atom. The Morgan fingerprint density at radius 1 is 1.50 bits per heavy atom. The smallest absolute Gasteiger partial charge is 0.326 e. The Labute approximate surface area is 80.8 Å². The van der Waals surface area contributed by atoms with Crippen molar-refractivity contribution in [1.82, 2.24) is 5.32 Å². The lowest BCUT2D eigenvalue weighted by molar-refractivity contribution is -0.142. The summed E-state index contributed by atoms with van der Waals surface area (Å²) in [6.45, 7) is 4.75. The predicted molar refractivity (Wildman–Crippen MR) is 48.2 cm³/mol. The summed E-state index contributed by atoms with van der Waals surface area (Å²) in [5, 5.41) is 10.7. The van der Waals surface area contributed by atoms with Crippen LogP contribution in [0.1, 0.15) is 13.3 Å². The zero-order chi connectivity index (χ0) is 11.3. The molecule has 0 bridgehead atoms. The number of primary amides is 1. The van der Waals surface area contributed by atoms with E-state index in [1.165, 1.54) is 6.92 Å². The van der Waals surface area contributed by atoms with E-state index in [2.05, 4.69) is 11.9 Å². The fraction of sp³-hybridized carbons (Fsp3) is 0.375. The molecule has 0 aliphatic heterocycles. The Kier molecular flexibility index (Phi) is 4.34. The van der Waals surface area contributed by atoms with Gasteiger partial charge >= 0.3 is 5.97 Å². The number of carboxylic acids is 1. The maximum Gasteiger partial charge on any atom is 0.326 e. The molecule has 14 heavy (non-hydrogen) atoms. The number of rotatable bonds is 5. The molecule has 0 rings (SSSR count). The molecule has 6 heteroatoms. The van der Waals surface area contributed by atoms with Gasteiger partial charge in [-0.1, -0.05) is 6.58 Å². The van der Waals surface area contributed by atoms with Gasteiger partial charge in [0.2, 0.25) is 11.8 Å². The van der Waals surface area contributed by atoms with Crippen LogP contribution in [0.2, 0.25) is 0 Å². The summed E-state index contributed by atoms with van der Waals surface area (Å²) in [6, 6.07) is -1.29. The first-order chi connectivity index (χ1) is 6.34. The van der Waals surface area contributed by atoms with E-state index in [0.29, 0.717) is 0 Å². The quantitative estimate of drug-likeness (QED) is 0.495. The lowest BCUT2D eigenvalue weighted by Crippen LogP contribution is -2.43. The number of nitrogens with two attached hydrogens (primary N) is 1. The Balaban J connectivity index is 4.38. The number of carboxylic acid groups (broad SMARTS) is 1. The largest absolute Gasteiger partial charge is 0.480 e. The van der Waals surface area contributed by atoms with E-state index in [1.54, 1.807) is 0 Å². The summed E-state index contributed by atoms with van der Waals surface area (Å²) < 4.78 is 0. The molecule has 0 aromatic rings. The summed E-state index contributed by atoms with van der Waals surface area (Å²) in [4.78, 5) is 32.0. The van der Waals surface area contributed by atoms with Crippen LogP contribution in [-0.2, 0) is 14.4 Å². The molecule has 0 unspecified atom stereocenters. The Bertz CT molecular complexity index is 285. The maximum absolute atomic E-state index is 11.0. The van der Waals surface area contributed by atoms with Crippen LogP contribution in [0.15, 0.2) is 12.2 Å². The monoisotopic (exact) mass is 200 g/mol. The topological polar surface area (TPSA) is 109 Å². The highest BCUT2D eigenvalue weighted by molar-refractivity contribution is 5.96. The standard InChI is InChI=1S/C8H12N2O4/c1-4(2)7(12)10-5(8(13)14)3-6(9)11/h5H,1,3H2,2H3,(H2,9,11)(H,10,12)(H,13,14)/t5-/m1/s1. The van der Waals surface area contributed by atoms with E-state index in [1.807, 2.05) is 0 Å². The molecule has 0 spiro atoms. The fourth-order valence-electron chi connectivity index (χ4n) is 0.683. The van der Waals surface area contributed by atoms with Crippen molar-refractivity contribution in [2.75, 3.05) is 0 Å². The molecular formula is C8H12N2O4. The number of carbonyl (C=O) groups excluding carboxylic acids is 2. The second-order valence-electron chi connectivity index (χ2n) is 2.82. The molecule has 1 atom stereocenters. The van der Waals surface area contributed by atoms with Crippen LogP contribution in [0.3, 0.4) is 0 Å². The SMILES string of the molecule is C=C(C)C(=O)N[C@H](CC(N)=O)C(=O)O. The fourth-order valence-corrected chi connectivity index (χ4v) is 0.683. The normalized spacial score (nSPS) is 11.5. The highest BCUT2D eigenvalue weighted by Crippen LogP contribution is 1.95. The molecule has 78 valence electrons. The van der Waals surface area contributed by atoms with Crippen molar-refractivity contribution in [2.24, 2.45) is 5.73 Å². The predicted octanol–water partition coefficient (Wildman–Crippen LogP) is -0.993. The number of nitrogens with one attached hydrogen (secondary N) is 1. The average molecular weight is 200 g/mol. The molecule has 0 heterocycles. The van der Waals surface area contributed by atoms with Crippen molar-refractivity contribution in [3.8, 4) is 0 Å². The van der Waals surface area contributed by atoms with Crippen LogP contribution in [-0.4, -0.2) is 28.9 Å². The number of aliphatic carboxylic acids is 1. The Morgan fingerprint density at radius 3 is 2.29 bits per heavy atom. The molecule has 4 N–H and O–H groups in total. The molecule has 0 aliphatic rings. The van der Waals surface area contributed by atoms with Gasteiger partial charge in [0.25, 0.3) is 0 Å². The van der Waals surface area contributed by atoms with Crippen LogP contribution in [0.5, 0.6) is 0 Å². The molecule has 2 amide bonds. The third-order valence-corrected chi connectivity index (χ3v) is 1.40. The van der Waals surface area contributed by atoms with Crippen molar-refractivity contribution >= 4 is 17.8 Å². The lowest BCUT2D eigenvalue weighted by atomic mass is 10.2. The van der Waals surface area contributed by atoms with Crippen LogP contribution >= 0.6 is 0 Å². The number of hydrogen-bond acceptors (Lipinski definition) is 3. The van der Waals surface area contributed by atoms with Crippen LogP contribution < -0.4 is 11.1 Å². The molecule has 0 saturated heterocycles. The minimum absolute atomic E-state index is 0.167. The van der Waals surface area contributed by atoms with Gasteiger partial charge in [-0.2, -0.15) is 0 Å². The second kappa shape index (κ2) is 5.00. The van der Waals surface area contributed by atoms with Crippen LogP contribution in [0.25, 0.3) is 0 Å². The third-order valence-electron chi connectivity index (χ3n) is 1.40. The summed E-state index contributed by atoms with van der Waals surface area (Å²) in [6.07, 6.45) is -0.436. The minimum atomic E-state index is -1.31. The average Bonchev–Trinajstić information content (AvgIpc) is 2.01. The molecule has 0 saturated carbocycles. The molecule has 0 aliphatic carbocycles. The van der Waals surface area contributed by atoms with Crippen molar-refractivity contribution in [1.29, 1.82) is 0 Å². The summed E-state index contributed by atoms with van der Waals surface area (Å²) in [5.74, 6) is -2.71. The van der Waals surface area contributed by atoms with E-state index in [9.17, 15) is 14.4 Å². The molecule has 0 aromatic heterocycles. The minimum Gasteiger partial charge on any atom is -0.480 e. The molecule has 0 aromatic carbocycles. The van der Waals surface area contributed by atoms with Gasteiger partial charge in [-0.15, -0.1) is 0 Å². The zero-order valence-corrected chi connectivity index (χ0v) is 7.74. The van der Waals surface area contributed by atoms with Gasteiger partial charge in [0.15, 0.2) is 0 Å². The maximum atomic E-state index is 11.0.